The van der Waals surface area contributed by atoms with Crippen LogP contribution in [-0.4, -0.2) is 18.5 Å². The highest BCUT2D eigenvalue weighted by Gasteiger charge is 2.09. The van der Waals surface area contributed by atoms with Gasteiger partial charge in [-0.25, -0.2) is 0 Å². The molecule has 1 aromatic carbocycles. The van der Waals surface area contributed by atoms with Crippen LogP contribution in [0.5, 0.6) is 0 Å². The van der Waals surface area contributed by atoms with Crippen LogP contribution < -0.4 is 0 Å². The number of ether oxygens (including phenoxy) is 2. The molecule has 0 aromatic heterocycles. The van der Waals surface area contributed by atoms with Crippen LogP contribution in [0.3, 0.4) is 0 Å². The van der Waals surface area contributed by atoms with Crippen molar-refractivity contribution in [2.75, 3.05) is 6.61 Å². The molecule has 0 spiro atoms. The lowest BCUT2D eigenvalue weighted by Crippen LogP contribution is -2.10. The molecular formula is C15H20O4. The molecule has 0 saturated heterocycles. The largest absolute Gasteiger partial charge is 0.466 e. The number of hydrogen-bond acceptors (Lipinski definition) is 4. The summed E-state index contributed by atoms with van der Waals surface area (Å²) in [6.45, 7) is 4.54. The lowest BCUT2D eigenvalue weighted by atomic mass is 10.1. The molecule has 0 atom stereocenters. The fraction of sp³-hybridized carbons (Fsp3) is 0.467. The van der Waals surface area contributed by atoms with E-state index in [9.17, 15) is 9.59 Å². The van der Waals surface area contributed by atoms with Crippen LogP contribution in [0.1, 0.15) is 37.3 Å². The molecule has 1 rings (SSSR count). The van der Waals surface area contributed by atoms with E-state index in [2.05, 4.69) is 0 Å². The predicted octanol–water partition coefficient (Wildman–Crippen LogP) is 2.77. The molecule has 0 N–H and O–H groups in total. The maximum absolute atomic E-state index is 11.4. The van der Waals surface area contributed by atoms with Gasteiger partial charge in [-0.05, 0) is 18.9 Å². The van der Waals surface area contributed by atoms with Gasteiger partial charge in [0, 0.05) is 0 Å². The lowest BCUT2D eigenvalue weighted by molar-refractivity contribution is -0.151. The van der Waals surface area contributed by atoms with Gasteiger partial charge in [0.25, 0.3) is 0 Å². The highest BCUT2D eigenvalue weighted by atomic mass is 16.5. The van der Waals surface area contributed by atoms with Crippen molar-refractivity contribution in [3.8, 4) is 0 Å². The SMILES string of the molecule is CCCOC(=O)CCC(=O)OCc1cccc(C)c1. The van der Waals surface area contributed by atoms with Crippen LogP contribution in [0.25, 0.3) is 0 Å². The summed E-state index contributed by atoms with van der Waals surface area (Å²) in [5, 5.41) is 0. The predicted molar refractivity (Wildman–Crippen MR) is 71.5 cm³/mol. The van der Waals surface area contributed by atoms with Gasteiger partial charge in [-0.2, -0.15) is 0 Å². The van der Waals surface area contributed by atoms with Gasteiger partial charge in [-0.1, -0.05) is 36.8 Å². The Morgan fingerprint density at radius 3 is 2.42 bits per heavy atom. The molecule has 4 nitrogen and oxygen atoms in total. The summed E-state index contributed by atoms with van der Waals surface area (Å²) >= 11 is 0. The average molecular weight is 264 g/mol. The Hall–Kier alpha value is -1.84. The molecule has 0 aliphatic heterocycles. The van der Waals surface area contributed by atoms with E-state index in [1.54, 1.807) is 0 Å². The number of rotatable bonds is 7. The van der Waals surface area contributed by atoms with E-state index in [1.807, 2.05) is 38.1 Å². The second-order valence-corrected chi connectivity index (χ2v) is 4.37. The summed E-state index contributed by atoms with van der Waals surface area (Å²) in [4.78, 5) is 22.6. The maximum atomic E-state index is 11.4. The summed E-state index contributed by atoms with van der Waals surface area (Å²) in [6.07, 6.45) is 0.921. The van der Waals surface area contributed by atoms with E-state index in [0.29, 0.717) is 6.61 Å². The fourth-order valence-electron chi connectivity index (χ4n) is 1.53. The fourth-order valence-corrected chi connectivity index (χ4v) is 1.53. The van der Waals surface area contributed by atoms with Crippen molar-refractivity contribution in [2.45, 2.75) is 39.7 Å². The minimum Gasteiger partial charge on any atom is -0.466 e. The minimum atomic E-state index is -0.380. The quantitative estimate of drug-likeness (QED) is 0.711. The molecule has 1 aromatic rings. The molecule has 4 heteroatoms. The summed E-state index contributed by atoms with van der Waals surface area (Å²) < 4.78 is 9.96. The van der Waals surface area contributed by atoms with E-state index in [0.717, 1.165) is 17.5 Å². The summed E-state index contributed by atoms with van der Waals surface area (Å²) in [5.74, 6) is -0.732. The van der Waals surface area contributed by atoms with Crippen molar-refractivity contribution in [1.29, 1.82) is 0 Å². The molecule has 0 unspecified atom stereocenters. The number of carbonyl (C=O) groups is 2. The number of benzene rings is 1. The molecule has 104 valence electrons. The second kappa shape index (κ2) is 8.29. The standard InChI is InChI=1S/C15H20O4/c1-3-9-18-14(16)7-8-15(17)19-11-13-6-4-5-12(2)10-13/h4-6,10H,3,7-9,11H2,1-2H3. The molecule has 0 saturated carbocycles. The monoisotopic (exact) mass is 264 g/mol. The highest BCUT2D eigenvalue weighted by molar-refractivity contribution is 5.77. The minimum absolute atomic E-state index is 0.0639. The van der Waals surface area contributed by atoms with Crippen LogP contribution in [0.4, 0.5) is 0 Å². The Balaban J connectivity index is 2.23. The first-order valence-electron chi connectivity index (χ1n) is 6.48. The summed E-state index contributed by atoms with van der Waals surface area (Å²) in [7, 11) is 0. The Morgan fingerprint density at radius 1 is 1.11 bits per heavy atom. The smallest absolute Gasteiger partial charge is 0.306 e. The van der Waals surface area contributed by atoms with Crippen molar-refractivity contribution < 1.29 is 19.1 Å². The Morgan fingerprint density at radius 2 is 1.79 bits per heavy atom. The Labute approximate surface area is 113 Å². The molecule has 0 heterocycles. The van der Waals surface area contributed by atoms with Gasteiger partial charge in [0.15, 0.2) is 0 Å². The zero-order valence-electron chi connectivity index (χ0n) is 11.5. The molecule has 0 aliphatic rings. The van der Waals surface area contributed by atoms with Crippen LogP contribution in [0, 0.1) is 6.92 Å². The van der Waals surface area contributed by atoms with E-state index < -0.39 is 0 Å². The number of carbonyl (C=O) groups excluding carboxylic acids is 2. The Bertz CT molecular complexity index is 426. The lowest BCUT2D eigenvalue weighted by Gasteiger charge is -2.06. The molecule has 0 fully saturated rings. The molecular weight excluding hydrogens is 244 g/mol. The van der Waals surface area contributed by atoms with Crippen LogP contribution >= 0.6 is 0 Å². The molecule has 0 amide bonds. The first kappa shape index (κ1) is 15.2. The van der Waals surface area contributed by atoms with Crippen molar-refractivity contribution >= 4 is 11.9 Å². The van der Waals surface area contributed by atoms with Gasteiger partial charge < -0.3 is 9.47 Å². The van der Waals surface area contributed by atoms with Crippen molar-refractivity contribution in [2.24, 2.45) is 0 Å². The molecule has 0 aliphatic carbocycles. The van der Waals surface area contributed by atoms with E-state index in [4.69, 9.17) is 9.47 Å². The van der Waals surface area contributed by atoms with Crippen LogP contribution in [0.2, 0.25) is 0 Å². The van der Waals surface area contributed by atoms with Crippen molar-refractivity contribution in [3.05, 3.63) is 35.4 Å². The van der Waals surface area contributed by atoms with Gasteiger partial charge in [0.1, 0.15) is 6.61 Å². The normalized spacial score (nSPS) is 10.0. The van der Waals surface area contributed by atoms with E-state index in [-0.39, 0.29) is 31.4 Å². The number of aryl methyl sites for hydroxylation is 1. The third-order valence-electron chi connectivity index (χ3n) is 2.48. The molecule has 0 radical (unpaired) electrons. The van der Waals surface area contributed by atoms with Crippen molar-refractivity contribution in [3.63, 3.8) is 0 Å². The molecule has 19 heavy (non-hydrogen) atoms. The second-order valence-electron chi connectivity index (χ2n) is 4.37. The summed E-state index contributed by atoms with van der Waals surface area (Å²) in [6, 6.07) is 7.76. The van der Waals surface area contributed by atoms with Gasteiger partial charge >= 0.3 is 11.9 Å². The zero-order chi connectivity index (χ0) is 14.1. The first-order valence-corrected chi connectivity index (χ1v) is 6.48. The topological polar surface area (TPSA) is 52.6 Å². The third kappa shape index (κ3) is 6.60. The van der Waals surface area contributed by atoms with Gasteiger partial charge in [-0.3, -0.25) is 9.59 Å². The Kier molecular flexibility index (Phi) is 6.64. The van der Waals surface area contributed by atoms with E-state index in [1.165, 1.54) is 0 Å². The van der Waals surface area contributed by atoms with Gasteiger partial charge in [0.2, 0.25) is 0 Å². The molecule has 0 bridgehead atoms. The first-order chi connectivity index (χ1) is 9.11. The zero-order valence-corrected chi connectivity index (χ0v) is 11.5. The van der Waals surface area contributed by atoms with Crippen LogP contribution in [-0.2, 0) is 25.7 Å². The summed E-state index contributed by atoms with van der Waals surface area (Å²) in [5.41, 5.74) is 2.07. The van der Waals surface area contributed by atoms with Crippen LogP contribution in [0.15, 0.2) is 24.3 Å². The van der Waals surface area contributed by atoms with Crippen molar-refractivity contribution in [1.82, 2.24) is 0 Å². The van der Waals surface area contributed by atoms with Gasteiger partial charge in [-0.15, -0.1) is 0 Å². The highest BCUT2D eigenvalue weighted by Crippen LogP contribution is 2.06. The van der Waals surface area contributed by atoms with E-state index >= 15 is 0 Å². The maximum Gasteiger partial charge on any atom is 0.306 e. The number of hydrogen-bond donors (Lipinski definition) is 0. The average Bonchev–Trinajstić information content (AvgIpc) is 2.40. The van der Waals surface area contributed by atoms with Gasteiger partial charge in [0.05, 0.1) is 19.4 Å². The number of esters is 2. The third-order valence-corrected chi connectivity index (χ3v) is 2.48.